The van der Waals surface area contributed by atoms with Gasteiger partial charge in [0.1, 0.15) is 16.9 Å². The summed E-state index contributed by atoms with van der Waals surface area (Å²) in [7, 11) is 0. The first kappa shape index (κ1) is 20.9. The average molecular weight is 432 g/mol. The van der Waals surface area contributed by atoms with Crippen LogP contribution in [0.4, 0.5) is 18.9 Å². The fourth-order valence-corrected chi connectivity index (χ4v) is 3.38. The maximum Gasteiger partial charge on any atom is 0.418 e. The van der Waals surface area contributed by atoms with Gasteiger partial charge < -0.3 is 19.6 Å². The summed E-state index contributed by atoms with van der Waals surface area (Å²) in [5.74, 6) is -0.633. The zero-order chi connectivity index (χ0) is 22.0. The monoisotopic (exact) mass is 432 g/mol. The van der Waals surface area contributed by atoms with Gasteiger partial charge in [-0.3, -0.25) is 4.79 Å². The van der Waals surface area contributed by atoms with Crippen LogP contribution in [-0.2, 0) is 10.9 Å². The van der Waals surface area contributed by atoms with Gasteiger partial charge >= 0.3 is 6.18 Å². The van der Waals surface area contributed by atoms with Crippen molar-refractivity contribution < 1.29 is 32.2 Å². The molecule has 1 aliphatic heterocycles. The summed E-state index contributed by atoms with van der Waals surface area (Å²) >= 11 is 0. The lowest BCUT2D eigenvalue weighted by atomic mass is 10.1. The fourth-order valence-electron chi connectivity index (χ4n) is 3.38. The van der Waals surface area contributed by atoms with E-state index < -0.39 is 17.6 Å². The first-order valence-corrected chi connectivity index (χ1v) is 9.69. The second kappa shape index (κ2) is 8.43. The Morgan fingerprint density at radius 3 is 2.74 bits per heavy atom. The summed E-state index contributed by atoms with van der Waals surface area (Å²) in [4.78, 5) is 16.9. The number of benzene rings is 2. The van der Waals surface area contributed by atoms with Gasteiger partial charge in [-0.05, 0) is 43.2 Å². The molecule has 162 valence electrons. The van der Waals surface area contributed by atoms with E-state index in [4.69, 9.17) is 9.15 Å². The number of hydrogen-bond donors (Lipinski definition) is 2. The van der Waals surface area contributed by atoms with Gasteiger partial charge in [0, 0.05) is 24.6 Å². The normalized spacial score (nSPS) is 17.3. The zero-order valence-electron chi connectivity index (χ0n) is 16.3. The van der Waals surface area contributed by atoms with Gasteiger partial charge in [0.05, 0.1) is 17.4 Å². The van der Waals surface area contributed by atoms with Crippen LogP contribution in [0.15, 0.2) is 57.9 Å². The molecular formula is C22H19F3N2O4. The maximum atomic E-state index is 13.4. The molecule has 1 saturated heterocycles. The molecule has 4 rings (SSSR count). The Labute approximate surface area is 175 Å². The standard InChI is InChI=1S/C22H19F3N2O4/c23-22(24,25)17-5-1-2-6-18(17)27-21-16(20(29)26-12-15-4-3-9-30-15)10-13-7-8-14(28)11-19(13)31-21/h1-2,5-8,10-11,15,28H,3-4,9,12H2,(H,26,29)/t15-/m1/s1. The van der Waals surface area contributed by atoms with Crippen molar-refractivity contribution in [1.29, 1.82) is 0 Å². The Morgan fingerprint density at radius 1 is 1.19 bits per heavy atom. The van der Waals surface area contributed by atoms with Gasteiger partial charge in [-0.25, -0.2) is 4.99 Å². The van der Waals surface area contributed by atoms with Crippen LogP contribution in [0.1, 0.15) is 28.8 Å². The molecule has 2 heterocycles. The van der Waals surface area contributed by atoms with E-state index in [1.165, 1.54) is 36.4 Å². The second-order valence-electron chi connectivity index (χ2n) is 7.16. The Hall–Kier alpha value is -3.33. The SMILES string of the molecule is O=C(NC[C@H]1CCCO1)c1cc2ccc(O)cc2oc1=Nc1ccccc1C(F)(F)F. The molecule has 0 unspecified atom stereocenters. The quantitative estimate of drug-likeness (QED) is 0.644. The molecule has 6 nitrogen and oxygen atoms in total. The maximum absolute atomic E-state index is 13.4. The first-order chi connectivity index (χ1) is 14.8. The highest BCUT2D eigenvalue weighted by Gasteiger charge is 2.33. The number of aromatic hydroxyl groups is 1. The highest BCUT2D eigenvalue weighted by atomic mass is 19.4. The highest BCUT2D eigenvalue weighted by Crippen LogP contribution is 2.35. The number of fused-ring (bicyclic) bond motifs is 1. The molecule has 2 N–H and O–H groups in total. The number of nitrogens with zero attached hydrogens (tertiary/aromatic N) is 1. The molecule has 0 bridgehead atoms. The van der Waals surface area contributed by atoms with E-state index in [1.54, 1.807) is 6.07 Å². The molecule has 1 atom stereocenters. The number of halogens is 3. The number of rotatable bonds is 4. The number of amides is 1. The molecule has 1 aromatic heterocycles. The van der Waals surface area contributed by atoms with Crippen LogP contribution in [0.5, 0.6) is 5.75 Å². The van der Waals surface area contributed by atoms with Crippen LogP contribution in [0.2, 0.25) is 0 Å². The molecule has 9 heteroatoms. The van der Waals surface area contributed by atoms with E-state index in [2.05, 4.69) is 10.3 Å². The Morgan fingerprint density at radius 2 is 2.00 bits per heavy atom. The lowest BCUT2D eigenvalue weighted by Crippen LogP contribution is -2.34. The summed E-state index contributed by atoms with van der Waals surface area (Å²) in [6.45, 7) is 0.898. The van der Waals surface area contributed by atoms with Crippen molar-refractivity contribution in [3.05, 3.63) is 65.2 Å². The second-order valence-corrected chi connectivity index (χ2v) is 7.16. The minimum absolute atomic E-state index is 0.0202. The van der Waals surface area contributed by atoms with Gasteiger partial charge in [-0.1, -0.05) is 12.1 Å². The van der Waals surface area contributed by atoms with Crippen molar-refractivity contribution in [3.63, 3.8) is 0 Å². The smallest absolute Gasteiger partial charge is 0.418 e. The molecule has 0 radical (unpaired) electrons. The Kier molecular flexibility index (Phi) is 5.69. The number of hydrogen-bond acceptors (Lipinski definition) is 5. The number of carbonyl (C=O) groups excluding carboxylic acids is 1. The summed E-state index contributed by atoms with van der Waals surface area (Å²) < 4.78 is 51.3. The van der Waals surface area contributed by atoms with Crippen LogP contribution >= 0.6 is 0 Å². The van der Waals surface area contributed by atoms with E-state index in [1.807, 2.05) is 0 Å². The van der Waals surface area contributed by atoms with E-state index >= 15 is 0 Å². The lowest BCUT2D eigenvalue weighted by molar-refractivity contribution is -0.137. The topological polar surface area (TPSA) is 84.1 Å². The molecule has 0 aliphatic carbocycles. The lowest BCUT2D eigenvalue weighted by Gasteiger charge is -2.12. The highest BCUT2D eigenvalue weighted by molar-refractivity contribution is 5.96. The number of nitrogens with one attached hydrogen (secondary N) is 1. The minimum Gasteiger partial charge on any atom is -0.508 e. The third-order valence-electron chi connectivity index (χ3n) is 4.92. The number of para-hydroxylation sites is 1. The number of carbonyl (C=O) groups is 1. The Balaban J connectivity index is 1.81. The van der Waals surface area contributed by atoms with Gasteiger partial charge in [0.15, 0.2) is 0 Å². The van der Waals surface area contributed by atoms with E-state index in [-0.39, 0.29) is 40.8 Å². The average Bonchev–Trinajstić information content (AvgIpc) is 3.25. The van der Waals surface area contributed by atoms with E-state index in [9.17, 15) is 23.1 Å². The van der Waals surface area contributed by atoms with Crippen LogP contribution in [0.25, 0.3) is 11.0 Å². The Bertz CT molecular complexity index is 1180. The van der Waals surface area contributed by atoms with E-state index in [0.717, 1.165) is 18.9 Å². The molecule has 0 spiro atoms. The molecule has 1 amide bonds. The van der Waals surface area contributed by atoms with Crippen molar-refractivity contribution in [2.24, 2.45) is 4.99 Å². The third-order valence-corrected chi connectivity index (χ3v) is 4.92. The van der Waals surface area contributed by atoms with Crippen LogP contribution < -0.4 is 10.9 Å². The molecule has 31 heavy (non-hydrogen) atoms. The largest absolute Gasteiger partial charge is 0.508 e. The molecule has 1 aliphatic rings. The van der Waals surface area contributed by atoms with E-state index in [0.29, 0.717) is 12.0 Å². The van der Waals surface area contributed by atoms with Crippen molar-refractivity contribution >= 4 is 22.6 Å². The van der Waals surface area contributed by atoms with Crippen molar-refractivity contribution in [3.8, 4) is 5.75 Å². The summed E-state index contributed by atoms with van der Waals surface area (Å²) in [5.41, 5.74) is -1.47. The minimum atomic E-state index is -4.63. The zero-order valence-corrected chi connectivity index (χ0v) is 16.3. The number of alkyl halides is 3. The number of phenolic OH excluding ortho intramolecular Hbond substituents is 1. The summed E-state index contributed by atoms with van der Waals surface area (Å²) in [6.07, 6.45) is -3.01. The van der Waals surface area contributed by atoms with Crippen LogP contribution in [0, 0.1) is 0 Å². The van der Waals surface area contributed by atoms with Crippen LogP contribution in [-0.4, -0.2) is 30.3 Å². The first-order valence-electron chi connectivity index (χ1n) is 9.69. The summed E-state index contributed by atoms with van der Waals surface area (Å²) in [5, 5.41) is 12.9. The van der Waals surface area contributed by atoms with Crippen molar-refractivity contribution in [1.82, 2.24) is 5.32 Å². The molecule has 0 saturated carbocycles. The predicted octanol–water partition coefficient (Wildman–Crippen LogP) is 4.30. The molecular weight excluding hydrogens is 413 g/mol. The number of phenols is 1. The number of ether oxygens (including phenoxy) is 1. The fraction of sp³-hybridized carbons (Fsp3) is 0.273. The third kappa shape index (κ3) is 4.72. The van der Waals surface area contributed by atoms with Crippen molar-refractivity contribution in [2.75, 3.05) is 13.2 Å². The van der Waals surface area contributed by atoms with Crippen LogP contribution in [0.3, 0.4) is 0 Å². The van der Waals surface area contributed by atoms with Crippen molar-refractivity contribution in [2.45, 2.75) is 25.1 Å². The van der Waals surface area contributed by atoms with Gasteiger partial charge in [-0.2, -0.15) is 13.2 Å². The van der Waals surface area contributed by atoms with Gasteiger partial charge in [0.2, 0.25) is 5.55 Å². The molecule has 3 aromatic rings. The molecule has 1 fully saturated rings. The summed E-state index contributed by atoms with van der Waals surface area (Å²) in [6, 6.07) is 10.5. The predicted molar refractivity (Wildman–Crippen MR) is 106 cm³/mol. The van der Waals surface area contributed by atoms with Gasteiger partial charge in [-0.15, -0.1) is 0 Å². The van der Waals surface area contributed by atoms with Gasteiger partial charge in [0.25, 0.3) is 5.91 Å². The molecule has 2 aromatic carbocycles.